The number of hydrogen-bond donors (Lipinski definition) is 0. The number of hydrogen-bond acceptors (Lipinski definition) is 5. The van der Waals surface area contributed by atoms with Crippen LogP contribution in [0.2, 0.25) is 0 Å². The van der Waals surface area contributed by atoms with Crippen molar-refractivity contribution >= 4 is 10.0 Å². The van der Waals surface area contributed by atoms with Gasteiger partial charge >= 0.3 is 0 Å². The van der Waals surface area contributed by atoms with Crippen molar-refractivity contribution in [2.75, 3.05) is 26.4 Å². The first-order chi connectivity index (χ1) is 8.86. The van der Waals surface area contributed by atoms with E-state index in [0.717, 1.165) is 31.6 Å². The Morgan fingerprint density at radius 1 is 1.58 bits per heavy atom. The Labute approximate surface area is 114 Å². The Morgan fingerprint density at radius 2 is 2.32 bits per heavy atom. The number of oxazole rings is 1. The molecular formula is C12H21N3O3S. The summed E-state index contributed by atoms with van der Waals surface area (Å²) in [5, 5.41) is 0. The van der Waals surface area contributed by atoms with E-state index in [9.17, 15) is 8.42 Å². The molecule has 0 aromatic carbocycles. The average Bonchev–Trinajstić information content (AvgIpc) is 2.73. The fourth-order valence-electron chi connectivity index (χ4n) is 2.45. The highest BCUT2D eigenvalue weighted by Gasteiger charge is 2.28. The summed E-state index contributed by atoms with van der Waals surface area (Å²) < 4.78 is 29.8. The molecule has 6 nitrogen and oxygen atoms in total. The predicted molar refractivity (Wildman–Crippen MR) is 72.1 cm³/mol. The summed E-state index contributed by atoms with van der Waals surface area (Å²) >= 11 is 0. The maximum Gasteiger partial charge on any atom is 0.211 e. The van der Waals surface area contributed by atoms with Crippen LogP contribution in [0.1, 0.15) is 24.4 Å². The van der Waals surface area contributed by atoms with Gasteiger partial charge in [0.15, 0.2) is 5.89 Å². The van der Waals surface area contributed by atoms with Gasteiger partial charge in [0.05, 0.1) is 11.9 Å². The zero-order valence-corrected chi connectivity index (χ0v) is 12.5. The number of likely N-dealkylation sites (tertiary alicyclic amines) is 1. The number of sulfonamides is 1. The van der Waals surface area contributed by atoms with E-state index < -0.39 is 10.0 Å². The molecule has 1 aliphatic rings. The van der Waals surface area contributed by atoms with E-state index in [-0.39, 0.29) is 6.04 Å². The smallest absolute Gasteiger partial charge is 0.211 e. The van der Waals surface area contributed by atoms with Crippen molar-refractivity contribution in [3.8, 4) is 0 Å². The van der Waals surface area contributed by atoms with Crippen LogP contribution >= 0.6 is 0 Å². The van der Waals surface area contributed by atoms with Gasteiger partial charge in [0.25, 0.3) is 0 Å². The molecule has 1 saturated heterocycles. The molecule has 19 heavy (non-hydrogen) atoms. The van der Waals surface area contributed by atoms with Crippen molar-refractivity contribution in [1.29, 1.82) is 0 Å². The van der Waals surface area contributed by atoms with Crippen LogP contribution in [0.3, 0.4) is 0 Å². The Morgan fingerprint density at radius 3 is 2.89 bits per heavy atom. The summed E-state index contributed by atoms with van der Waals surface area (Å²) in [7, 11) is -1.47. The average molecular weight is 287 g/mol. The van der Waals surface area contributed by atoms with Crippen LogP contribution in [0.25, 0.3) is 0 Å². The van der Waals surface area contributed by atoms with Gasteiger partial charge in [0, 0.05) is 33.1 Å². The fraction of sp³-hybridized carbons (Fsp3) is 0.750. The van der Waals surface area contributed by atoms with Gasteiger partial charge in [-0.3, -0.25) is 4.90 Å². The van der Waals surface area contributed by atoms with Gasteiger partial charge in [-0.15, -0.1) is 0 Å². The van der Waals surface area contributed by atoms with Crippen LogP contribution in [-0.4, -0.2) is 55.0 Å². The lowest BCUT2D eigenvalue weighted by Crippen LogP contribution is -2.47. The van der Waals surface area contributed by atoms with Crippen LogP contribution in [0.4, 0.5) is 0 Å². The van der Waals surface area contributed by atoms with Gasteiger partial charge in [0.2, 0.25) is 10.0 Å². The van der Waals surface area contributed by atoms with E-state index in [1.807, 2.05) is 6.92 Å². The zero-order chi connectivity index (χ0) is 14.0. The van der Waals surface area contributed by atoms with E-state index in [4.69, 9.17) is 4.42 Å². The van der Waals surface area contributed by atoms with Crippen molar-refractivity contribution in [1.82, 2.24) is 14.2 Å². The van der Waals surface area contributed by atoms with Crippen molar-refractivity contribution < 1.29 is 12.8 Å². The molecule has 2 rings (SSSR count). The molecule has 0 N–H and O–H groups in total. The Bertz CT molecular complexity index is 526. The highest BCUT2D eigenvalue weighted by Crippen LogP contribution is 2.18. The van der Waals surface area contributed by atoms with Crippen molar-refractivity contribution in [2.45, 2.75) is 32.4 Å². The fourth-order valence-corrected chi connectivity index (χ4v) is 3.17. The third-order valence-electron chi connectivity index (χ3n) is 3.57. The third-order valence-corrected chi connectivity index (χ3v) is 4.91. The molecule has 1 aromatic heterocycles. The van der Waals surface area contributed by atoms with Crippen molar-refractivity contribution in [3.63, 3.8) is 0 Å². The first kappa shape index (κ1) is 14.5. The zero-order valence-electron chi connectivity index (χ0n) is 11.7. The molecule has 0 radical (unpaired) electrons. The lowest BCUT2D eigenvalue weighted by Gasteiger charge is -2.36. The summed E-state index contributed by atoms with van der Waals surface area (Å²) in [5.74, 6) is 0.664. The molecule has 7 heteroatoms. The number of nitrogens with zero attached hydrogens (tertiary/aromatic N) is 3. The number of aromatic nitrogens is 1. The number of piperidine rings is 1. The molecule has 108 valence electrons. The molecule has 0 spiro atoms. The van der Waals surface area contributed by atoms with E-state index in [2.05, 4.69) is 9.88 Å². The summed E-state index contributed by atoms with van der Waals surface area (Å²) in [6.07, 6.45) is 4.84. The quantitative estimate of drug-likeness (QED) is 0.821. The van der Waals surface area contributed by atoms with Crippen molar-refractivity contribution in [2.24, 2.45) is 0 Å². The molecule has 1 unspecified atom stereocenters. The molecule has 2 heterocycles. The Balaban J connectivity index is 1.97. The lowest BCUT2D eigenvalue weighted by molar-refractivity contribution is 0.152. The molecule has 1 aliphatic heterocycles. The monoisotopic (exact) mass is 287 g/mol. The van der Waals surface area contributed by atoms with E-state index >= 15 is 0 Å². The van der Waals surface area contributed by atoms with Crippen molar-refractivity contribution in [3.05, 3.63) is 17.8 Å². The Hall–Kier alpha value is -0.920. The minimum Gasteiger partial charge on any atom is -0.449 e. The summed E-state index contributed by atoms with van der Waals surface area (Å²) in [6, 6.07) is 0.0525. The number of likely N-dealkylation sites (N-methyl/N-ethyl adjacent to an activating group) is 1. The van der Waals surface area contributed by atoms with Gasteiger partial charge in [-0.25, -0.2) is 17.7 Å². The van der Waals surface area contributed by atoms with Gasteiger partial charge < -0.3 is 4.42 Å². The predicted octanol–water partition coefficient (Wildman–Crippen LogP) is 0.839. The molecule has 1 atom stereocenters. The normalized spacial score (nSPS) is 22.0. The number of rotatable bonds is 4. The maximum atomic E-state index is 11.6. The first-order valence-corrected chi connectivity index (χ1v) is 8.27. The second-order valence-corrected chi connectivity index (χ2v) is 7.21. The van der Waals surface area contributed by atoms with Crippen LogP contribution in [-0.2, 0) is 16.6 Å². The van der Waals surface area contributed by atoms with Gasteiger partial charge in [0.1, 0.15) is 6.26 Å². The second kappa shape index (κ2) is 5.60. The highest BCUT2D eigenvalue weighted by molar-refractivity contribution is 7.88. The van der Waals surface area contributed by atoms with E-state index in [0.29, 0.717) is 12.4 Å². The van der Waals surface area contributed by atoms with Crippen LogP contribution in [0, 0.1) is 6.92 Å². The van der Waals surface area contributed by atoms with Gasteiger partial charge in [-0.2, -0.15) is 0 Å². The molecule has 0 saturated carbocycles. The van der Waals surface area contributed by atoms with E-state index in [1.54, 1.807) is 13.3 Å². The van der Waals surface area contributed by atoms with E-state index in [1.165, 1.54) is 10.6 Å². The number of aryl methyl sites for hydroxylation is 1. The van der Waals surface area contributed by atoms with Gasteiger partial charge in [-0.05, 0) is 19.4 Å². The molecule has 0 bridgehead atoms. The Kier molecular flexibility index (Phi) is 4.27. The van der Waals surface area contributed by atoms with Crippen LogP contribution < -0.4 is 0 Å². The topological polar surface area (TPSA) is 66.7 Å². The lowest BCUT2D eigenvalue weighted by atomic mass is 10.1. The SMILES string of the molecule is Cc1nc(CN2CCCC(N(C)S(C)(=O)=O)C2)co1. The summed E-state index contributed by atoms with van der Waals surface area (Å²) in [4.78, 5) is 6.51. The first-order valence-electron chi connectivity index (χ1n) is 6.42. The minimum atomic E-state index is -3.12. The standard InChI is InChI=1S/C12H21N3O3S/c1-10-13-11(9-18-10)7-15-6-4-5-12(8-15)14(2)19(3,16)17/h9,12H,4-8H2,1-3H3. The second-order valence-electron chi connectivity index (χ2n) is 5.17. The highest BCUT2D eigenvalue weighted by atomic mass is 32.2. The molecule has 0 aliphatic carbocycles. The van der Waals surface area contributed by atoms with Gasteiger partial charge in [-0.1, -0.05) is 0 Å². The molecule has 0 amide bonds. The maximum absolute atomic E-state index is 11.6. The van der Waals surface area contributed by atoms with Crippen LogP contribution in [0.5, 0.6) is 0 Å². The largest absolute Gasteiger partial charge is 0.449 e. The molecule has 1 fully saturated rings. The molecular weight excluding hydrogens is 266 g/mol. The summed E-state index contributed by atoms with van der Waals surface area (Å²) in [5.41, 5.74) is 0.903. The summed E-state index contributed by atoms with van der Waals surface area (Å²) in [6.45, 7) is 4.25. The minimum absolute atomic E-state index is 0.0525. The third kappa shape index (κ3) is 3.77. The van der Waals surface area contributed by atoms with Crippen LogP contribution in [0.15, 0.2) is 10.7 Å². The molecule has 1 aromatic rings.